The van der Waals surface area contributed by atoms with Crippen molar-refractivity contribution in [3.05, 3.63) is 51.5 Å². The summed E-state index contributed by atoms with van der Waals surface area (Å²) in [5.41, 5.74) is 2.26. The van der Waals surface area contributed by atoms with E-state index in [1.54, 1.807) is 0 Å². The van der Waals surface area contributed by atoms with Gasteiger partial charge in [0.2, 0.25) is 0 Å². The smallest absolute Gasteiger partial charge is 0.0930 e. The number of hydrogen-bond acceptors (Lipinski definition) is 4. The van der Waals surface area contributed by atoms with Crippen molar-refractivity contribution in [1.82, 2.24) is 10.3 Å². The van der Waals surface area contributed by atoms with E-state index in [0.717, 1.165) is 31.5 Å². The van der Waals surface area contributed by atoms with Crippen LogP contribution in [0.1, 0.15) is 34.9 Å². The molecule has 0 saturated carbocycles. The zero-order chi connectivity index (χ0) is 15.1. The molecule has 4 heteroatoms. The van der Waals surface area contributed by atoms with Crippen LogP contribution in [0.15, 0.2) is 30.5 Å². The summed E-state index contributed by atoms with van der Waals surface area (Å²) in [4.78, 5) is 5.77. The highest BCUT2D eigenvalue weighted by Crippen LogP contribution is 2.16. The summed E-state index contributed by atoms with van der Waals surface area (Å²) in [6, 6.07) is 8.13. The molecule has 0 atom stereocenters. The number of nitrogens with one attached hydrogen (secondary N) is 1. The maximum Gasteiger partial charge on any atom is 0.0930 e. The third-order valence-electron chi connectivity index (χ3n) is 3.28. The van der Waals surface area contributed by atoms with E-state index >= 15 is 0 Å². The molecule has 21 heavy (non-hydrogen) atoms. The van der Waals surface area contributed by atoms with Gasteiger partial charge in [-0.1, -0.05) is 38.1 Å². The Balaban J connectivity index is 1.70. The van der Waals surface area contributed by atoms with Crippen LogP contribution < -0.4 is 5.32 Å². The second-order valence-corrected chi connectivity index (χ2v) is 6.92. The zero-order valence-electron chi connectivity index (χ0n) is 12.8. The van der Waals surface area contributed by atoms with Gasteiger partial charge < -0.3 is 10.4 Å². The third-order valence-corrected chi connectivity index (χ3v) is 4.30. The molecular weight excluding hydrogens is 280 g/mol. The average molecular weight is 304 g/mol. The first-order chi connectivity index (χ1) is 10.2. The van der Waals surface area contributed by atoms with Crippen LogP contribution in [-0.4, -0.2) is 16.6 Å². The van der Waals surface area contributed by atoms with Gasteiger partial charge >= 0.3 is 0 Å². The van der Waals surface area contributed by atoms with Crippen molar-refractivity contribution < 1.29 is 5.11 Å². The first kappa shape index (κ1) is 16.1. The first-order valence-corrected chi connectivity index (χ1v) is 8.32. The molecule has 1 aromatic heterocycles. The van der Waals surface area contributed by atoms with Crippen LogP contribution in [0.2, 0.25) is 0 Å². The molecule has 0 aliphatic carbocycles. The summed E-state index contributed by atoms with van der Waals surface area (Å²) in [5, 5.41) is 13.7. The highest BCUT2D eigenvalue weighted by atomic mass is 32.1. The molecule has 1 aromatic carbocycles. The maximum atomic E-state index is 9.01. The molecule has 0 aliphatic rings. The van der Waals surface area contributed by atoms with Gasteiger partial charge in [-0.15, -0.1) is 11.3 Å². The van der Waals surface area contributed by atoms with Gasteiger partial charge in [-0.05, 0) is 30.0 Å². The summed E-state index contributed by atoms with van der Waals surface area (Å²) >= 11 is 1.81. The number of aliphatic hydroxyl groups excluding tert-OH is 1. The van der Waals surface area contributed by atoms with Gasteiger partial charge in [-0.3, -0.25) is 0 Å². The van der Waals surface area contributed by atoms with Crippen LogP contribution in [0, 0.1) is 5.92 Å². The largest absolute Gasteiger partial charge is 0.392 e. The summed E-state index contributed by atoms with van der Waals surface area (Å²) in [6.45, 7) is 6.41. The molecule has 2 aromatic rings. The highest BCUT2D eigenvalue weighted by Gasteiger charge is 2.04. The van der Waals surface area contributed by atoms with Crippen LogP contribution in [0.25, 0.3) is 0 Å². The van der Waals surface area contributed by atoms with Gasteiger partial charge in [-0.25, -0.2) is 4.98 Å². The molecule has 0 fully saturated rings. The molecule has 114 valence electrons. The lowest BCUT2D eigenvalue weighted by atomic mass is 10.1. The number of aromatic nitrogens is 1. The van der Waals surface area contributed by atoms with E-state index in [-0.39, 0.29) is 6.61 Å². The molecule has 1 heterocycles. The number of rotatable bonds is 8. The van der Waals surface area contributed by atoms with Gasteiger partial charge in [0.05, 0.1) is 11.6 Å². The molecule has 0 amide bonds. The number of hydrogen-bond donors (Lipinski definition) is 2. The molecule has 2 rings (SSSR count). The maximum absolute atomic E-state index is 9.01. The molecule has 0 bridgehead atoms. The Kier molecular flexibility index (Phi) is 6.36. The topological polar surface area (TPSA) is 45.2 Å². The van der Waals surface area contributed by atoms with Gasteiger partial charge in [0.25, 0.3) is 0 Å². The second kappa shape index (κ2) is 8.27. The van der Waals surface area contributed by atoms with Gasteiger partial charge in [0.1, 0.15) is 0 Å². The SMILES string of the molecule is CC(C)Cc1ncc(CNCCc2ccc(CO)cc2)s1. The number of aliphatic hydroxyl groups is 1. The average Bonchev–Trinajstić information content (AvgIpc) is 2.91. The minimum Gasteiger partial charge on any atom is -0.392 e. The Morgan fingerprint density at radius 2 is 1.90 bits per heavy atom. The summed E-state index contributed by atoms with van der Waals surface area (Å²) < 4.78 is 0. The Morgan fingerprint density at radius 3 is 2.57 bits per heavy atom. The Bertz CT molecular complexity index is 534. The summed E-state index contributed by atoms with van der Waals surface area (Å²) in [6.07, 6.45) is 4.07. The minimum absolute atomic E-state index is 0.114. The van der Waals surface area contributed by atoms with Gasteiger partial charge in [0.15, 0.2) is 0 Å². The lowest BCUT2D eigenvalue weighted by molar-refractivity contribution is 0.282. The quantitative estimate of drug-likeness (QED) is 0.736. The van der Waals surface area contributed by atoms with Crippen molar-refractivity contribution in [3.8, 4) is 0 Å². The second-order valence-electron chi connectivity index (χ2n) is 5.72. The van der Waals surface area contributed by atoms with E-state index in [4.69, 9.17) is 5.11 Å². The Hall–Kier alpha value is -1.23. The van der Waals surface area contributed by atoms with Crippen LogP contribution >= 0.6 is 11.3 Å². The van der Waals surface area contributed by atoms with E-state index in [1.807, 2.05) is 29.7 Å². The van der Waals surface area contributed by atoms with Crippen LogP contribution in [0.4, 0.5) is 0 Å². The number of nitrogens with zero attached hydrogens (tertiary/aromatic N) is 1. The normalized spacial score (nSPS) is 11.2. The molecule has 0 aliphatic heterocycles. The Labute approximate surface area is 131 Å². The van der Waals surface area contributed by atoms with Crippen LogP contribution in [0.3, 0.4) is 0 Å². The predicted molar refractivity (Wildman–Crippen MR) is 88.4 cm³/mol. The minimum atomic E-state index is 0.114. The molecule has 0 saturated heterocycles. The van der Waals surface area contributed by atoms with E-state index < -0.39 is 0 Å². The molecule has 0 unspecified atom stereocenters. The highest BCUT2D eigenvalue weighted by molar-refractivity contribution is 7.11. The molecule has 0 radical (unpaired) electrons. The lowest BCUT2D eigenvalue weighted by Gasteiger charge is -2.04. The molecule has 0 spiro atoms. The zero-order valence-corrected chi connectivity index (χ0v) is 13.6. The van der Waals surface area contributed by atoms with Crippen molar-refractivity contribution in [2.75, 3.05) is 6.54 Å². The Morgan fingerprint density at radius 1 is 1.19 bits per heavy atom. The van der Waals surface area contributed by atoms with Crippen molar-refractivity contribution in [2.45, 2.75) is 39.8 Å². The predicted octanol–water partition coefficient (Wildman–Crippen LogP) is 3.17. The summed E-state index contributed by atoms with van der Waals surface area (Å²) in [5.74, 6) is 0.666. The molecule has 3 nitrogen and oxygen atoms in total. The van der Waals surface area contributed by atoms with Gasteiger partial charge in [0, 0.05) is 24.0 Å². The third kappa shape index (κ3) is 5.58. The lowest BCUT2D eigenvalue weighted by Crippen LogP contribution is -2.15. The van der Waals surface area contributed by atoms with Gasteiger partial charge in [-0.2, -0.15) is 0 Å². The summed E-state index contributed by atoms with van der Waals surface area (Å²) in [7, 11) is 0. The molecule has 2 N–H and O–H groups in total. The van der Waals surface area contributed by atoms with Crippen molar-refractivity contribution in [1.29, 1.82) is 0 Å². The van der Waals surface area contributed by atoms with Crippen molar-refractivity contribution in [2.24, 2.45) is 5.92 Å². The fourth-order valence-corrected chi connectivity index (χ4v) is 3.23. The number of benzene rings is 1. The van der Waals surface area contributed by atoms with E-state index in [0.29, 0.717) is 5.92 Å². The van der Waals surface area contributed by atoms with E-state index in [1.165, 1.54) is 15.4 Å². The van der Waals surface area contributed by atoms with E-state index in [9.17, 15) is 0 Å². The number of thiazole rings is 1. The first-order valence-electron chi connectivity index (χ1n) is 7.50. The fourth-order valence-electron chi connectivity index (χ4n) is 2.13. The standard InChI is InChI=1S/C17H24N2OS/c1-13(2)9-17-19-11-16(21-17)10-18-8-7-14-3-5-15(12-20)6-4-14/h3-6,11,13,18,20H,7-10,12H2,1-2H3. The fraction of sp³-hybridized carbons (Fsp3) is 0.471. The van der Waals surface area contributed by atoms with Crippen molar-refractivity contribution in [3.63, 3.8) is 0 Å². The van der Waals surface area contributed by atoms with Crippen LogP contribution in [0.5, 0.6) is 0 Å². The molecular formula is C17H24N2OS. The van der Waals surface area contributed by atoms with Crippen LogP contribution in [-0.2, 0) is 26.0 Å². The monoisotopic (exact) mass is 304 g/mol. The van der Waals surface area contributed by atoms with Crippen molar-refractivity contribution >= 4 is 11.3 Å². The van der Waals surface area contributed by atoms with E-state index in [2.05, 4.69) is 36.3 Å².